The Morgan fingerprint density at radius 2 is 1.89 bits per heavy atom. The standard InChI is InChI=1S/C13H14O5/c1-3-18-13(16)11(12(14)15)8-9-4-6-10(17-2)7-5-9/h4-8H,3H2,1-2H3,(H,14,15)/b11-8+. The van der Waals surface area contributed by atoms with E-state index < -0.39 is 17.5 Å². The molecular formula is C13H14O5. The van der Waals surface area contributed by atoms with Gasteiger partial charge in [0.15, 0.2) is 0 Å². The molecule has 0 spiro atoms. The van der Waals surface area contributed by atoms with Gasteiger partial charge in [-0.1, -0.05) is 12.1 Å². The van der Waals surface area contributed by atoms with Crippen LogP contribution in [-0.4, -0.2) is 30.8 Å². The van der Waals surface area contributed by atoms with Crippen LogP contribution < -0.4 is 4.74 Å². The molecule has 96 valence electrons. The maximum atomic E-state index is 11.4. The summed E-state index contributed by atoms with van der Waals surface area (Å²) in [5, 5.41) is 8.94. The Labute approximate surface area is 105 Å². The van der Waals surface area contributed by atoms with Crippen molar-refractivity contribution in [1.29, 1.82) is 0 Å². The topological polar surface area (TPSA) is 72.8 Å². The van der Waals surface area contributed by atoms with Crippen molar-refractivity contribution in [2.24, 2.45) is 0 Å². The summed E-state index contributed by atoms with van der Waals surface area (Å²) in [6.07, 6.45) is 1.26. The van der Waals surface area contributed by atoms with E-state index in [0.717, 1.165) is 0 Å². The molecule has 0 radical (unpaired) electrons. The molecule has 0 aromatic heterocycles. The molecule has 0 aliphatic rings. The fourth-order valence-corrected chi connectivity index (χ4v) is 1.28. The Hall–Kier alpha value is -2.30. The highest BCUT2D eigenvalue weighted by atomic mass is 16.5. The van der Waals surface area contributed by atoms with Crippen molar-refractivity contribution in [3.63, 3.8) is 0 Å². The number of carboxylic acid groups (broad SMARTS) is 1. The number of carbonyl (C=O) groups excluding carboxylic acids is 1. The van der Waals surface area contributed by atoms with Crippen LogP contribution in [0.15, 0.2) is 29.8 Å². The first-order valence-electron chi connectivity index (χ1n) is 5.34. The monoisotopic (exact) mass is 250 g/mol. The molecule has 0 atom stereocenters. The molecule has 0 aliphatic heterocycles. The van der Waals surface area contributed by atoms with Crippen molar-refractivity contribution in [1.82, 2.24) is 0 Å². The lowest BCUT2D eigenvalue weighted by atomic mass is 10.1. The number of hydrogen-bond acceptors (Lipinski definition) is 4. The number of aliphatic carboxylic acids is 1. The number of hydrogen-bond donors (Lipinski definition) is 1. The molecule has 1 aromatic carbocycles. The molecule has 5 heteroatoms. The van der Waals surface area contributed by atoms with E-state index >= 15 is 0 Å². The molecule has 0 aliphatic carbocycles. The Morgan fingerprint density at radius 1 is 1.28 bits per heavy atom. The summed E-state index contributed by atoms with van der Waals surface area (Å²) >= 11 is 0. The van der Waals surface area contributed by atoms with Gasteiger partial charge >= 0.3 is 11.9 Å². The van der Waals surface area contributed by atoms with Gasteiger partial charge in [0.2, 0.25) is 0 Å². The zero-order valence-electron chi connectivity index (χ0n) is 10.2. The second-order valence-corrected chi connectivity index (χ2v) is 3.36. The van der Waals surface area contributed by atoms with Crippen molar-refractivity contribution in [2.75, 3.05) is 13.7 Å². The van der Waals surface area contributed by atoms with Gasteiger partial charge in [0, 0.05) is 0 Å². The van der Waals surface area contributed by atoms with Crippen LogP contribution >= 0.6 is 0 Å². The summed E-state index contributed by atoms with van der Waals surface area (Å²) in [6.45, 7) is 1.75. The van der Waals surface area contributed by atoms with Crippen LogP contribution in [0, 0.1) is 0 Å². The third kappa shape index (κ3) is 3.62. The van der Waals surface area contributed by atoms with Gasteiger partial charge in [-0.15, -0.1) is 0 Å². The van der Waals surface area contributed by atoms with Crippen LogP contribution in [0.4, 0.5) is 0 Å². The third-order valence-corrected chi connectivity index (χ3v) is 2.15. The molecule has 0 unspecified atom stereocenters. The number of benzene rings is 1. The third-order valence-electron chi connectivity index (χ3n) is 2.15. The molecular weight excluding hydrogens is 236 g/mol. The summed E-state index contributed by atoms with van der Waals surface area (Å²) in [7, 11) is 1.53. The van der Waals surface area contributed by atoms with Gasteiger partial charge in [-0.3, -0.25) is 0 Å². The van der Waals surface area contributed by atoms with Crippen LogP contribution in [0.2, 0.25) is 0 Å². The van der Waals surface area contributed by atoms with Gasteiger partial charge in [-0.05, 0) is 30.7 Å². The van der Waals surface area contributed by atoms with E-state index in [1.807, 2.05) is 0 Å². The molecule has 0 amide bonds. The highest BCUT2D eigenvalue weighted by molar-refractivity contribution is 6.16. The summed E-state index contributed by atoms with van der Waals surface area (Å²) in [4.78, 5) is 22.4. The van der Waals surface area contributed by atoms with Crippen molar-refractivity contribution in [2.45, 2.75) is 6.92 Å². The lowest BCUT2D eigenvalue weighted by Gasteiger charge is -2.03. The van der Waals surface area contributed by atoms with Crippen LogP contribution in [-0.2, 0) is 14.3 Å². The highest BCUT2D eigenvalue weighted by Gasteiger charge is 2.18. The van der Waals surface area contributed by atoms with Crippen molar-refractivity contribution in [3.8, 4) is 5.75 Å². The predicted molar refractivity (Wildman–Crippen MR) is 65.2 cm³/mol. The van der Waals surface area contributed by atoms with Gasteiger partial charge in [0.1, 0.15) is 11.3 Å². The van der Waals surface area contributed by atoms with Crippen molar-refractivity contribution < 1.29 is 24.2 Å². The largest absolute Gasteiger partial charge is 0.497 e. The minimum absolute atomic E-state index is 0.131. The number of esters is 1. The summed E-state index contributed by atoms with van der Waals surface area (Å²) in [5.41, 5.74) is 0.184. The lowest BCUT2D eigenvalue weighted by Crippen LogP contribution is -2.15. The average molecular weight is 250 g/mol. The van der Waals surface area contributed by atoms with Crippen LogP contribution in [0.5, 0.6) is 5.75 Å². The van der Waals surface area contributed by atoms with Crippen LogP contribution in [0.3, 0.4) is 0 Å². The smallest absolute Gasteiger partial charge is 0.345 e. The maximum absolute atomic E-state index is 11.4. The van der Waals surface area contributed by atoms with Gasteiger partial charge in [0.05, 0.1) is 13.7 Å². The molecule has 18 heavy (non-hydrogen) atoms. The fraction of sp³-hybridized carbons (Fsp3) is 0.231. The normalized spacial score (nSPS) is 10.9. The van der Waals surface area contributed by atoms with Crippen LogP contribution in [0.1, 0.15) is 12.5 Å². The Balaban J connectivity index is 3.00. The second-order valence-electron chi connectivity index (χ2n) is 3.36. The summed E-state index contributed by atoms with van der Waals surface area (Å²) in [5.74, 6) is -1.51. The number of ether oxygens (including phenoxy) is 2. The molecule has 5 nitrogen and oxygen atoms in total. The Kier molecular flexibility index (Phi) is 4.92. The molecule has 1 aromatic rings. The first kappa shape index (κ1) is 13.8. The van der Waals surface area contributed by atoms with E-state index in [2.05, 4.69) is 4.74 Å². The molecule has 1 N–H and O–H groups in total. The zero-order chi connectivity index (χ0) is 13.5. The maximum Gasteiger partial charge on any atom is 0.345 e. The van der Waals surface area contributed by atoms with Crippen LogP contribution in [0.25, 0.3) is 6.08 Å². The number of carbonyl (C=O) groups is 2. The fourth-order valence-electron chi connectivity index (χ4n) is 1.28. The van der Waals surface area contributed by atoms with Crippen molar-refractivity contribution >= 4 is 18.0 Å². The second kappa shape index (κ2) is 6.44. The zero-order valence-corrected chi connectivity index (χ0v) is 10.2. The first-order valence-corrected chi connectivity index (χ1v) is 5.34. The number of carboxylic acids is 1. The highest BCUT2D eigenvalue weighted by Crippen LogP contribution is 2.14. The SMILES string of the molecule is CCOC(=O)/C(=C/c1ccc(OC)cc1)C(=O)O. The Morgan fingerprint density at radius 3 is 2.33 bits per heavy atom. The van der Waals surface area contributed by atoms with E-state index in [0.29, 0.717) is 11.3 Å². The van der Waals surface area contributed by atoms with Gasteiger partial charge < -0.3 is 14.6 Å². The quantitative estimate of drug-likeness (QED) is 0.373. The van der Waals surface area contributed by atoms with E-state index in [9.17, 15) is 9.59 Å². The van der Waals surface area contributed by atoms with Crippen molar-refractivity contribution in [3.05, 3.63) is 35.4 Å². The molecule has 0 fully saturated rings. The minimum atomic E-state index is -1.32. The molecule has 0 heterocycles. The lowest BCUT2D eigenvalue weighted by molar-refractivity contribution is -0.143. The number of rotatable bonds is 5. The first-order chi connectivity index (χ1) is 8.58. The molecule has 0 saturated carbocycles. The summed E-state index contributed by atoms with van der Waals surface area (Å²) in [6, 6.07) is 6.66. The van der Waals surface area contributed by atoms with Gasteiger partial charge in [-0.25, -0.2) is 9.59 Å². The molecule has 0 bridgehead atoms. The predicted octanol–water partition coefficient (Wildman–Crippen LogP) is 1.73. The van der Waals surface area contributed by atoms with E-state index in [1.165, 1.54) is 13.2 Å². The molecule has 1 rings (SSSR count). The van der Waals surface area contributed by atoms with E-state index in [1.54, 1.807) is 31.2 Å². The van der Waals surface area contributed by atoms with Gasteiger partial charge in [-0.2, -0.15) is 0 Å². The average Bonchev–Trinajstić information content (AvgIpc) is 2.36. The van der Waals surface area contributed by atoms with E-state index in [-0.39, 0.29) is 6.61 Å². The van der Waals surface area contributed by atoms with E-state index in [4.69, 9.17) is 9.84 Å². The molecule has 0 saturated heterocycles. The number of methoxy groups -OCH3 is 1. The minimum Gasteiger partial charge on any atom is -0.497 e. The summed E-state index contributed by atoms with van der Waals surface area (Å²) < 4.78 is 9.65. The van der Waals surface area contributed by atoms with Gasteiger partial charge in [0.25, 0.3) is 0 Å². The Bertz CT molecular complexity index is 459.